The predicted molar refractivity (Wildman–Crippen MR) is 136 cm³/mol. The van der Waals surface area contributed by atoms with Gasteiger partial charge in [-0.2, -0.15) is 0 Å². The molecule has 0 saturated carbocycles. The molecule has 188 valence electrons. The summed E-state index contributed by atoms with van der Waals surface area (Å²) in [6, 6.07) is -0.562. The molecule has 0 unspecified atom stereocenters. The first-order chi connectivity index (χ1) is 15.6. The van der Waals surface area contributed by atoms with Crippen LogP contribution in [0.5, 0.6) is 0 Å². The Hall–Kier alpha value is -0.870. The predicted octanol–water partition coefficient (Wildman–Crippen LogP) is 6.98. The topological polar surface area (TPSA) is 69.6 Å². The van der Waals surface area contributed by atoms with Crippen molar-refractivity contribution in [3.8, 4) is 0 Å². The van der Waals surface area contributed by atoms with Gasteiger partial charge in [0.2, 0.25) is 5.91 Å². The summed E-state index contributed by atoms with van der Waals surface area (Å²) in [6.07, 6.45) is 23.5. The SMILES string of the molecule is CCCCCCCCCCCCCCC1=C([C@@H](O)[C@H](CO)NC(=O)CCCCCCC)C1. The van der Waals surface area contributed by atoms with Gasteiger partial charge < -0.3 is 15.5 Å². The van der Waals surface area contributed by atoms with E-state index >= 15 is 0 Å². The molecule has 2 atom stereocenters. The Bertz CT molecular complexity index is 503. The van der Waals surface area contributed by atoms with Crippen LogP contribution < -0.4 is 5.32 Å². The van der Waals surface area contributed by atoms with Crippen LogP contribution in [0.3, 0.4) is 0 Å². The van der Waals surface area contributed by atoms with Gasteiger partial charge in [0.15, 0.2) is 0 Å². The van der Waals surface area contributed by atoms with Gasteiger partial charge in [0.05, 0.1) is 18.8 Å². The molecule has 4 heteroatoms. The minimum atomic E-state index is -0.726. The highest BCUT2D eigenvalue weighted by Crippen LogP contribution is 2.38. The number of rotatable bonds is 23. The van der Waals surface area contributed by atoms with E-state index in [1.165, 1.54) is 102 Å². The zero-order valence-electron chi connectivity index (χ0n) is 21.3. The number of amides is 1. The van der Waals surface area contributed by atoms with Gasteiger partial charge in [-0.05, 0) is 31.3 Å². The van der Waals surface area contributed by atoms with Gasteiger partial charge in [-0.3, -0.25) is 4.79 Å². The fourth-order valence-corrected chi connectivity index (χ4v) is 4.56. The zero-order valence-corrected chi connectivity index (χ0v) is 21.3. The van der Waals surface area contributed by atoms with Crippen molar-refractivity contribution in [3.63, 3.8) is 0 Å². The molecule has 0 saturated heterocycles. The van der Waals surface area contributed by atoms with Gasteiger partial charge in [-0.15, -0.1) is 0 Å². The van der Waals surface area contributed by atoms with Crippen molar-refractivity contribution in [1.29, 1.82) is 0 Å². The summed E-state index contributed by atoms with van der Waals surface area (Å²) in [5, 5.41) is 23.1. The fourth-order valence-electron chi connectivity index (χ4n) is 4.56. The molecule has 1 rings (SSSR count). The first kappa shape index (κ1) is 29.2. The average molecular weight is 452 g/mol. The molecule has 0 aromatic heterocycles. The summed E-state index contributed by atoms with van der Waals surface area (Å²) in [4.78, 5) is 12.1. The minimum absolute atomic E-state index is 0.0524. The van der Waals surface area contributed by atoms with Gasteiger partial charge in [0.1, 0.15) is 0 Å². The summed E-state index contributed by atoms with van der Waals surface area (Å²) < 4.78 is 0. The molecule has 0 radical (unpaired) electrons. The van der Waals surface area contributed by atoms with Crippen LogP contribution in [-0.4, -0.2) is 34.9 Å². The number of carbonyl (C=O) groups is 1. The third-order valence-corrected chi connectivity index (χ3v) is 6.85. The first-order valence-electron chi connectivity index (χ1n) is 13.9. The molecular formula is C28H53NO3. The molecule has 3 N–H and O–H groups in total. The molecule has 0 spiro atoms. The van der Waals surface area contributed by atoms with Crippen molar-refractivity contribution >= 4 is 5.91 Å². The van der Waals surface area contributed by atoms with Crippen LogP contribution in [-0.2, 0) is 4.79 Å². The van der Waals surface area contributed by atoms with Crippen LogP contribution in [0.2, 0.25) is 0 Å². The van der Waals surface area contributed by atoms with Crippen LogP contribution in [0.1, 0.15) is 142 Å². The Morgan fingerprint density at radius 1 is 0.781 bits per heavy atom. The van der Waals surface area contributed by atoms with E-state index in [1.54, 1.807) is 0 Å². The van der Waals surface area contributed by atoms with Crippen LogP contribution >= 0.6 is 0 Å². The fraction of sp³-hybridized carbons (Fsp3) is 0.893. The molecule has 0 aromatic rings. The molecule has 1 amide bonds. The maximum absolute atomic E-state index is 12.1. The molecule has 0 heterocycles. The summed E-state index contributed by atoms with van der Waals surface area (Å²) >= 11 is 0. The molecule has 0 fully saturated rings. The van der Waals surface area contributed by atoms with Gasteiger partial charge in [-0.1, -0.05) is 116 Å². The zero-order chi connectivity index (χ0) is 23.4. The van der Waals surface area contributed by atoms with Crippen LogP contribution in [0.4, 0.5) is 0 Å². The maximum atomic E-state index is 12.1. The lowest BCUT2D eigenvalue weighted by atomic mass is 10.0. The van der Waals surface area contributed by atoms with E-state index in [4.69, 9.17) is 0 Å². The van der Waals surface area contributed by atoms with Crippen LogP contribution in [0.15, 0.2) is 11.1 Å². The number of allylic oxidation sites excluding steroid dienone is 1. The average Bonchev–Trinajstić information content (AvgIpc) is 3.57. The Balaban J connectivity index is 2.07. The van der Waals surface area contributed by atoms with E-state index in [-0.39, 0.29) is 12.5 Å². The molecule has 32 heavy (non-hydrogen) atoms. The molecule has 0 bridgehead atoms. The second-order valence-corrected chi connectivity index (χ2v) is 9.91. The molecule has 0 aromatic carbocycles. The molecule has 1 aliphatic rings. The van der Waals surface area contributed by atoms with Crippen molar-refractivity contribution in [2.75, 3.05) is 6.61 Å². The maximum Gasteiger partial charge on any atom is 0.220 e. The van der Waals surface area contributed by atoms with E-state index in [0.29, 0.717) is 6.42 Å². The summed E-state index contributed by atoms with van der Waals surface area (Å²) in [6.45, 7) is 4.24. The van der Waals surface area contributed by atoms with Gasteiger partial charge in [0.25, 0.3) is 0 Å². The third-order valence-electron chi connectivity index (χ3n) is 6.85. The Labute approximate surface area is 198 Å². The number of aliphatic hydroxyl groups is 2. The lowest BCUT2D eigenvalue weighted by molar-refractivity contribution is -0.123. The van der Waals surface area contributed by atoms with Crippen molar-refractivity contribution in [3.05, 3.63) is 11.1 Å². The van der Waals surface area contributed by atoms with Crippen molar-refractivity contribution in [1.82, 2.24) is 5.32 Å². The van der Waals surface area contributed by atoms with Crippen molar-refractivity contribution in [2.45, 2.75) is 154 Å². The number of carbonyl (C=O) groups excluding carboxylic acids is 1. The normalized spacial score (nSPS) is 15.1. The Morgan fingerprint density at radius 3 is 1.75 bits per heavy atom. The highest BCUT2D eigenvalue weighted by molar-refractivity contribution is 5.76. The Kier molecular flexibility index (Phi) is 17.8. The van der Waals surface area contributed by atoms with Crippen LogP contribution in [0.25, 0.3) is 0 Å². The van der Waals surface area contributed by atoms with E-state index in [9.17, 15) is 15.0 Å². The monoisotopic (exact) mass is 451 g/mol. The van der Waals surface area contributed by atoms with E-state index in [1.807, 2.05) is 0 Å². The summed E-state index contributed by atoms with van der Waals surface area (Å²) in [7, 11) is 0. The lowest BCUT2D eigenvalue weighted by Gasteiger charge is -2.20. The summed E-state index contributed by atoms with van der Waals surface area (Å²) in [5.41, 5.74) is 2.40. The Morgan fingerprint density at radius 2 is 1.25 bits per heavy atom. The van der Waals surface area contributed by atoms with Crippen molar-refractivity contribution in [2.24, 2.45) is 0 Å². The largest absolute Gasteiger partial charge is 0.394 e. The van der Waals surface area contributed by atoms with Crippen molar-refractivity contribution < 1.29 is 15.0 Å². The molecule has 4 nitrogen and oxygen atoms in total. The number of hydrogen-bond donors (Lipinski definition) is 3. The first-order valence-corrected chi connectivity index (χ1v) is 13.9. The van der Waals surface area contributed by atoms with E-state index < -0.39 is 12.1 Å². The van der Waals surface area contributed by atoms with E-state index in [0.717, 1.165) is 31.3 Å². The number of nitrogens with one attached hydrogen (secondary N) is 1. The highest BCUT2D eigenvalue weighted by Gasteiger charge is 2.33. The van der Waals surface area contributed by atoms with E-state index in [2.05, 4.69) is 19.2 Å². The second kappa shape index (κ2) is 19.6. The van der Waals surface area contributed by atoms with Gasteiger partial charge in [-0.25, -0.2) is 0 Å². The molecule has 1 aliphatic carbocycles. The number of unbranched alkanes of at least 4 members (excludes halogenated alkanes) is 15. The standard InChI is InChI=1S/C28H53NO3/c1-3-5-7-9-10-11-12-13-14-15-17-18-20-24-22-25(24)28(32)26(23-30)29-27(31)21-19-16-8-6-4-2/h26,28,30,32H,3-23H2,1-2H3,(H,29,31)/t26-,28+/m0/s1. The molecule has 0 aliphatic heterocycles. The number of aliphatic hydroxyl groups excluding tert-OH is 2. The number of hydrogen-bond acceptors (Lipinski definition) is 3. The van der Waals surface area contributed by atoms with Gasteiger partial charge in [0, 0.05) is 6.42 Å². The van der Waals surface area contributed by atoms with Crippen LogP contribution in [0, 0.1) is 0 Å². The second-order valence-electron chi connectivity index (χ2n) is 9.91. The smallest absolute Gasteiger partial charge is 0.220 e. The quantitative estimate of drug-likeness (QED) is 0.116. The lowest BCUT2D eigenvalue weighted by Crippen LogP contribution is -2.45. The third kappa shape index (κ3) is 14.3. The minimum Gasteiger partial charge on any atom is -0.394 e. The highest BCUT2D eigenvalue weighted by atomic mass is 16.3. The summed E-state index contributed by atoms with van der Waals surface area (Å²) in [5.74, 6) is -0.0524. The van der Waals surface area contributed by atoms with Gasteiger partial charge >= 0.3 is 0 Å². The molecular weight excluding hydrogens is 398 g/mol.